The maximum atomic E-state index is 14.2. The molecule has 0 radical (unpaired) electrons. The first kappa shape index (κ1) is 26.4. The number of ether oxygens (including phenoxy) is 2. The van der Waals surface area contributed by atoms with Gasteiger partial charge in [0.1, 0.15) is 17.2 Å². The van der Waals surface area contributed by atoms with Gasteiger partial charge in [0, 0.05) is 30.2 Å². The predicted octanol–water partition coefficient (Wildman–Crippen LogP) is 5.44. The molecule has 4 aromatic rings. The lowest BCUT2D eigenvalue weighted by molar-refractivity contribution is 0.0587. The zero-order valence-electron chi connectivity index (χ0n) is 22.0. The average molecular weight is 531 g/mol. The van der Waals surface area contributed by atoms with E-state index in [1.165, 1.54) is 18.2 Å². The van der Waals surface area contributed by atoms with Gasteiger partial charge >= 0.3 is 0 Å². The van der Waals surface area contributed by atoms with Crippen LogP contribution in [0.4, 0.5) is 4.39 Å². The lowest BCUT2D eigenvalue weighted by atomic mass is 9.91. The van der Waals surface area contributed by atoms with Crippen molar-refractivity contribution in [3.05, 3.63) is 105 Å². The minimum Gasteiger partial charge on any atom is -0.458 e. The number of rotatable bonds is 9. The van der Waals surface area contributed by atoms with Crippen LogP contribution in [0.1, 0.15) is 53.6 Å². The smallest absolute Gasteiger partial charge is 0.254 e. The van der Waals surface area contributed by atoms with Crippen molar-refractivity contribution in [1.82, 2.24) is 4.90 Å². The first-order valence-corrected chi connectivity index (χ1v) is 13.1. The molecule has 1 aliphatic heterocycles. The van der Waals surface area contributed by atoms with Crippen LogP contribution >= 0.6 is 0 Å². The van der Waals surface area contributed by atoms with Crippen LogP contribution in [-0.2, 0) is 6.42 Å². The molecule has 3 aromatic carbocycles. The van der Waals surface area contributed by atoms with Gasteiger partial charge in [-0.05, 0) is 54.8 Å². The Morgan fingerprint density at radius 1 is 1.03 bits per heavy atom. The highest BCUT2D eigenvalue weighted by atomic mass is 19.1. The summed E-state index contributed by atoms with van der Waals surface area (Å²) in [6.45, 7) is 4.74. The fourth-order valence-corrected chi connectivity index (χ4v) is 5.06. The fourth-order valence-electron chi connectivity index (χ4n) is 5.06. The van der Waals surface area contributed by atoms with Crippen LogP contribution in [0.25, 0.3) is 11.0 Å². The summed E-state index contributed by atoms with van der Waals surface area (Å²) >= 11 is 0. The van der Waals surface area contributed by atoms with Crippen molar-refractivity contribution in [3.63, 3.8) is 0 Å². The molecule has 8 heteroatoms. The highest BCUT2D eigenvalue weighted by Gasteiger charge is 2.34. The summed E-state index contributed by atoms with van der Waals surface area (Å²) in [7, 11) is 0. The molecule has 7 nitrogen and oxygen atoms in total. The van der Waals surface area contributed by atoms with E-state index in [-0.39, 0.29) is 29.6 Å². The average Bonchev–Trinajstić information content (AvgIpc) is 3.40. The summed E-state index contributed by atoms with van der Waals surface area (Å²) in [5.41, 5.74) is 7.55. The summed E-state index contributed by atoms with van der Waals surface area (Å²) < 4.78 is 31.5. The topological polar surface area (TPSA) is 95.0 Å². The van der Waals surface area contributed by atoms with Crippen LogP contribution in [0.15, 0.2) is 75.9 Å². The predicted molar refractivity (Wildman–Crippen MR) is 147 cm³/mol. The highest BCUT2D eigenvalue weighted by Crippen LogP contribution is 2.37. The zero-order chi connectivity index (χ0) is 27.5. The molecule has 0 aliphatic carbocycles. The first-order chi connectivity index (χ1) is 18.9. The third kappa shape index (κ3) is 5.38. The van der Waals surface area contributed by atoms with E-state index in [2.05, 4.69) is 0 Å². The van der Waals surface area contributed by atoms with Crippen LogP contribution in [0, 0.1) is 11.7 Å². The summed E-state index contributed by atoms with van der Waals surface area (Å²) in [5.74, 6) is 0.511. The molecule has 0 bridgehead atoms. The van der Waals surface area contributed by atoms with Gasteiger partial charge in [-0.2, -0.15) is 0 Å². The lowest BCUT2D eigenvalue weighted by Crippen LogP contribution is -2.40. The Labute approximate surface area is 225 Å². The van der Waals surface area contributed by atoms with Gasteiger partial charge in [0.25, 0.3) is 5.91 Å². The van der Waals surface area contributed by atoms with Crippen molar-refractivity contribution in [1.29, 1.82) is 0 Å². The molecule has 1 amide bonds. The largest absolute Gasteiger partial charge is 0.458 e. The Morgan fingerprint density at radius 2 is 1.79 bits per heavy atom. The van der Waals surface area contributed by atoms with Gasteiger partial charge in [-0.25, -0.2) is 4.39 Å². The maximum absolute atomic E-state index is 14.2. The third-order valence-corrected chi connectivity index (χ3v) is 6.92. The number of fused-ring (bicyclic) bond motifs is 2. The molecule has 0 saturated carbocycles. The maximum Gasteiger partial charge on any atom is 0.254 e. The zero-order valence-corrected chi connectivity index (χ0v) is 22.0. The Morgan fingerprint density at radius 3 is 2.54 bits per heavy atom. The number of hydrogen-bond donors (Lipinski definition) is 1. The molecule has 202 valence electrons. The molecule has 0 fully saturated rings. The summed E-state index contributed by atoms with van der Waals surface area (Å²) in [5, 5.41) is 0.296. The molecule has 39 heavy (non-hydrogen) atoms. The molecule has 2 heterocycles. The quantitative estimate of drug-likeness (QED) is 0.310. The number of halogens is 1. The van der Waals surface area contributed by atoms with Crippen molar-refractivity contribution in [2.45, 2.75) is 32.7 Å². The molecule has 5 rings (SSSR count). The number of carbonyl (C=O) groups is 1. The molecule has 1 unspecified atom stereocenters. The van der Waals surface area contributed by atoms with Gasteiger partial charge in [0.15, 0.2) is 16.9 Å². The SMILES string of the molecule is CC(C)C(c1oc2cc(F)ccc2c(=O)c1Cc1ccccc1)N(CCCN)C(=O)c1ccc2c(c1)OCO2. The van der Waals surface area contributed by atoms with E-state index in [0.29, 0.717) is 59.7 Å². The van der Waals surface area contributed by atoms with Gasteiger partial charge in [0.05, 0.1) is 11.4 Å². The molecule has 0 saturated heterocycles. The molecule has 0 spiro atoms. The van der Waals surface area contributed by atoms with E-state index in [1.807, 2.05) is 44.2 Å². The van der Waals surface area contributed by atoms with E-state index in [1.54, 1.807) is 23.1 Å². The number of amides is 1. The van der Waals surface area contributed by atoms with Crippen LogP contribution in [0.2, 0.25) is 0 Å². The van der Waals surface area contributed by atoms with E-state index >= 15 is 0 Å². The molecule has 1 atom stereocenters. The Balaban J connectivity index is 1.68. The van der Waals surface area contributed by atoms with Crippen molar-refractivity contribution >= 4 is 16.9 Å². The van der Waals surface area contributed by atoms with Gasteiger partial charge in [-0.15, -0.1) is 0 Å². The second-order valence-corrected chi connectivity index (χ2v) is 9.97. The van der Waals surface area contributed by atoms with Crippen molar-refractivity contribution < 1.29 is 23.1 Å². The number of benzene rings is 3. The molecule has 1 aliphatic rings. The highest BCUT2D eigenvalue weighted by molar-refractivity contribution is 5.95. The van der Waals surface area contributed by atoms with E-state index in [4.69, 9.17) is 19.6 Å². The minimum atomic E-state index is -0.617. The van der Waals surface area contributed by atoms with Gasteiger partial charge in [-0.1, -0.05) is 44.2 Å². The molecule has 1 aromatic heterocycles. The van der Waals surface area contributed by atoms with E-state index in [0.717, 1.165) is 5.56 Å². The molecule has 2 N–H and O–H groups in total. The second-order valence-electron chi connectivity index (χ2n) is 9.97. The van der Waals surface area contributed by atoms with Crippen molar-refractivity contribution in [3.8, 4) is 11.5 Å². The number of nitrogens with zero attached hydrogens (tertiary/aromatic N) is 1. The summed E-state index contributed by atoms with van der Waals surface area (Å²) in [6, 6.07) is 18.0. The second kappa shape index (κ2) is 11.3. The first-order valence-electron chi connectivity index (χ1n) is 13.1. The van der Waals surface area contributed by atoms with Gasteiger partial charge < -0.3 is 24.5 Å². The standard InChI is InChI=1S/C31H31FN2O5/c1-19(2)28(34(14-6-13-33)31(36)21-9-12-25-27(16-21)38-18-37-25)30-24(15-20-7-4-3-5-8-20)29(35)23-11-10-22(32)17-26(23)39-30/h3-5,7-12,16-17,19,28H,6,13-15,18,33H2,1-2H3. The fraction of sp³-hybridized carbons (Fsp3) is 0.290. The Bertz CT molecular complexity index is 1550. The van der Waals surface area contributed by atoms with Crippen LogP contribution in [-0.4, -0.2) is 30.7 Å². The number of nitrogens with two attached hydrogens (primary N) is 1. The third-order valence-electron chi connectivity index (χ3n) is 6.92. The van der Waals surface area contributed by atoms with Crippen LogP contribution < -0.4 is 20.6 Å². The Kier molecular flexibility index (Phi) is 7.65. The van der Waals surface area contributed by atoms with E-state index in [9.17, 15) is 14.0 Å². The summed E-state index contributed by atoms with van der Waals surface area (Å²) in [4.78, 5) is 29.6. The van der Waals surface area contributed by atoms with Crippen LogP contribution in [0.5, 0.6) is 11.5 Å². The lowest BCUT2D eigenvalue weighted by Gasteiger charge is -2.35. The minimum absolute atomic E-state index is 0.0974. The van der Waals surface area contributed by atoms with Gasteiger partial charge in [-0.3, -0.25) is 9.59 Å². The summed E-state index contributed by atoms with van der Waals surface area (Å²) in [6.07, 6.45) is 0.845. The van der Waals surface area contributed by atoms with E-state index < -0.39 is 11.9 Å². The number of hydrogen-bond acceptors (Lipinski definition) is 6. The monoisotopic (exact) mass is 530 g/mol. The molecular formula is C31H31FN2O5. The van der Waals surface area contributed by atoms with Crippen molar-refractivity contribution in [2.75, 3.05) is 19.9 Å². The van der Waals surface area contributed by atoms with Crippen molar-refractivity contribution in [2.24, 2.45) is 11.7 Å². The Hall–Kier alpha value is -4.17. The van der Waals surface area contributed by atoms with Crippen LogP contribution in [0.3, 0.4) is 0 Å². The number of carbonyl (C=O) groups excluding carboxylic acids is 1. The molecular weight excluding hydrogens is 499 g/mol. The normalized spacial score (nSPS) is 13.2. The van der Waals surface area contributed by atoms with Gasteiger partial charge in [0.2, 0.25) is 6.79 Å².